The number of aryl methyl sites for hydroxylation is 1. The molecule has 3 aromatic rings. The van der Waals surface area contributed by atoms with Gasteiger partial charge in [0.25, 0.3) is 5.91 Å². The summed E-state index contributed by atoms with van der Waals surface area (Å²) in [6.07, 6.45) is 2.68. The molecular formula is C20H20Cl2N4O2S. The average molecular weight is 451 g/mol. The van der Waals surface area contributed by atoms with Gasteiger partial charge in [-0.2, -0.15) is 5.10 Å². The lowest BCUT2D eigenvalue weighted by molar-refractivity contribution is -0.122. The number of fused-ring (bicyclic) bond motifs is 1. The zero-order valence-corrected chi connectivity index (χ0v) is 18.1. The first-order valence-corrected chi connectivity index (χ1v) is 11.1. The van der Waals surface area contributed by atoms with Gasteiger partial charge in [0.05, 0.1) is 26.3 Å². The van der Waals surface area contributed by atoms with E-state index < -0.39 is 0 Å². The molecule has 2 heterocycles. The number of carbonyl (C=O) groups excluding carboxylic acids is 2. The SMILES string of the molecule is CCc1nn(-c2ccc(Cl)c(Cl)c2)c2sc(C(=O)NCCNC(=O)C3CC3)cc12. The van der Waals surface area contributed by atoms with Crippen LogP contribution in [0.5, 0.6) is 0 Å². The maximum absolute atomic E-state index is 12.6. The van der Waals surface area contributed by atoms with Crippen molar-refractivity contribution < 1.29 is 9.59 Å². The molecule has 2 aromatic heterocycles. The summed E-state index contributed by atoms with van der Waals surface area (Å²) in [6, 6.07) is 7.22. The van der Waals surface area contributed by atoms with E-state index in [0.717, 1.165) is 40.9 Å². The molecule has 6 nitrogen and oxygen atoms in total. The second kappa shape index (κ2) is 8.34. The normalized spacial score (nSPS) is 13.6. The van der Waals surface area contributed by atoms with Crippen LogP contribution in [0.15, 0.2) is 24.3 Å². The number of nitrogens with zero attached hydrogens (tertiary/aromatic N) is 2. The van der Waals surface area contributed by atoms with Crippen molar-refractivity contribution in [3.8, 4) is 5.69 Å². The number of halogens is 2. The number of amides is 2. The molecule has 2 amide bonds. The molecular weight excluding hydrogens is 431 g/mol. The molecule has 0 radical (unpaired) electrons. The molecule has 9 heteroatoms. The Morgan fingerprint density at radius 1 is 1.17 bits per heavy atom. The van der Waals surface area contributed by atoms with Gasteiger partial charge in [-0.25, -0.2) is 4.68 Å². The van der Waals surface area contributed by atoms with Crippen LogP contribution in [-0.2, 0) is 11.2 Å². The van der Waals surface area contributed by atoms with E-state index in [1.54, 1.807) is 16.8 Å². The second-order valence-electron chi connectivity index (χ2n) is 6.96. The Hall–Kier alpha value is -2.09. The molecule has 152 valence electrons. The maximum atomic E-state index is 12.6. The van der Waals surface area contributed by atoms with E-state index in [2.05, 4.69) is 15.7 Å². The monoisotopic (exact) mass is 450 g/mol. The van der Waals surface area contributed by atoms with Crippen LogP contribution in [-0.4, -0.2) is 34.7 Å². The summed E-state index contributed by atoms with van der Waals surface area (Å²) in [5.74, 6) is 0.0927. The van der Waals surface area contributed by atoms with Crippen molar-refractivity contribution in [1.29, 1.82) is 0 Å². The van der Waals surface area contributed by atoms with Crippen molar-refractivity contribution in [2.45, 2.75) is 26.2 Å². The zero-order valence-electron chi connectivity index (χ0n) is 15.8. The summed E-state index contributed by atoms with van der Waals surface area (Å²) in [6.45, 7) is 2.86. The Morgan fingerprint density at radius 3 is 2.62 bits per heavy atom. The topological polar surface area (TPSA) is 76.0 Å². The molecule has 1 fully saturated rings. The predicted octanol–water partition coefficient (Wildman–Crippen LogP) is 4.21. The Labute approximate surface area is 182 Å². The molecule has 29 heavy (non-hydrogen) atoms. The highest BCUT2D eigenvalue weighted by atomic mass is 35.5. The molecule has 0 aliphatic heterocycles. The largest absolute Gasteiger partial charge is 0.354 e. The predicted molar refractivity (Wildman–Crippen MR) is 116 cm³/mol. The lowest BCUT2D eigenvalue weighted by Gasteiger charge is -2.06. The van der Waals surface area contributed by atoms with Crippen molar-refractivity contribution in [2.75, 3.05) is 13.1 Å². The first-order chi connectivity index (χ1) is 14.0. The van der Waals surface area contributed by atoms with Gasteiger partial charge in [-0.05, 0) is 43.5 Å². The third-order valence-corrected chi connectivity index (χ3v) is 6.65. The van der Waals surface area contributed by atoms with Gasteiger partial charge in [-0.15, -0.1) is 11.3 Å². The number of rotatable bonds is 7. The van der Waals surface area contributed by atoms with Crippen LogP contribution in [0.3, 0.4) is 0 Å². The highest BCUT2D eigenvalue weighted by Gasteiger charge is 2.29. The summed E-state index contributed by atoms with van der Waals surface area (Å²) < 4.78 is 1.80. The quantitative estimate of drug-likeness (QED) is 0.529. The molecule has 2 N–H and O–H groups in total. The lowest BCUT2D eigenvalue weighted by atomic mass is 10.2. The van der Waals surface area contributed by atoms with Crippen molar-refractivity contribution in [3.05, 3.63) is 44.9 Å². The Bertz CT molecular complexity index is 1090. The van der Waals surface area contributed by atoms with Crippen LogP contribution in [0.2, 0.25) is 10.0 Å². The third-order valence-electron chi connectivity index (χ3n) is 4.80. The molecule has 0 atom stereocenters. The molecule has 0 saturated heterocycles. The number of hydrogen-bond acceptors (Lipinski definition) is 4. The Balaban J connectivity index is 1.51. The number of hydrogen-bond donors (Lipinski definition) is 2. The second-order valence-corrected chi connectivity index (χ2v) is 8.81. The smallest absolute Gasteiger partial charge is 0.261 e. The van der Waals surface area contributed by atoms with Crippen LogP contribution < -0.4 is 10.6 Å². The van der Waals surface area contributed by atoms with Crippen LogP contribution in [0.25, 0.3) is 15.9 Å². The van der Waals surface area contributed by atoms with Crippen molar-refractivity contribution in [1.82, 2.24) is 20.4 Å². The highest BCUT2D eigenvalue weighted by molar-refractivity contribution is 7.20. The highest BCUT2D eigenvalue weighted by Crippen LogP contribution is 2.33. The number of carbonyl (C=O) groups is 2. The minimum absolute atomic E-state index is 0.0791. The van der Waals surface area contributed by atoms with Crippen molar-refractivity contribution in [2.24, 2.45) is 5.92 Å². The summed E-state index contributed by atoms with van der Waals surface area (Å²) in [5.41, 5.74) is 1.71. The van der Waals surface area contributed by atoms with Crippen LogP contribution in [0.4, 0.5) is 0 Å². The van der Waals surface area contributed by atoms with E-state index >= 15 is 0 Å². The van der Waals surface area contributed by atoms with Crippen LogP contribution in [0.1, 0.15) is 35.1 Å². The van der Waals surface area contributed by atoms with Gasteiger partial charge in [0.1, 0.15) is 4.83 Å². The first-order valence-electron chi connectivity index (χ1n) is 9.50. The molecule has 4 rings (SSSR count). The minimum atomic E-state index is -0.158. The summed E-state index contributed by atoms with van der Waals surface area (Å²) in [5, 5.41) is 12.3. The Kier molecular flexibility index (Phi) is 5.81. The van der Waals surface area contributed by atoms with E-state index in [1.807, 2.05) is 19.1 Å². The Morgan fingerprint density at radius 2 is 1.93 bits per heavy atom. The molecule has 1 aliphatic rings. The third kappa shape index (κ3) is 4.27. The summed E-state index contributed by atoms with van der Waals surface area (Å²) in [4.78, 5) is 25.7. The number of benzene rings is 1. The van der Waals surface area contributed by atoms with E-state index in [-0.39, 0.29) is 17.7 Å². The van der Waals surface area contributed by atoms with Gasteiger partial charge in [0.15, 0.2) is 0 Å². The molecule has 1 aliphatic carbocycles. The fourth-order valence-corrected chi connectivity index (χ4v) is 4.43. The number of aromatic nitrogens is 2. The van der Waals surface area contributed by atoms with Crippen molar-refractivity contribution >= 4 is 56.6 Å². The molecule has 1 saturated carbocycles. The van der Waals surface area contributed by atoms with Crippen LogP contribution >= 0.6 is 34.5 Å². The van der Waals surface area contributed by atoms with E-state index in [4.69, 9.17) is 23.2 Å². The molecule has 0 unspecified atom stereocenters. The number of thiophene rings is 1. The summed E-state index contributed by atoms with van der Waals surface area (Å²) >= 11 is 13.6. The van der Waals surface area contributed by atoms with Gasteiger partial charge in [0, 0.05) is 24.4 Å². The first kappa shape index (κ1) is 20.2. The van der Waals surface area contributed by atoms with Gasteiger partial charge < -0.3 is 10.6 Å². The van der Waals surface area contributed by atoms with E-state index in [9.17, 15) is 9.59 Å². The zero-order chi connectivity index (χ0) is 20.5. The molecule has 0 bridgehead atoms. The van der Waals surface area contributed by atoms with Gasteiger partial charge in [-0.3, -0.25) is 9.59 Å². The van der Waals surface area contributed by atoms with Crippen molar-refractivity contribution in [3.63, 3.8) is 0 Å². The average Bonchev–Trinajstić information content (AvgIpc) is 3.38. The standard InChI is InChI=1S/C20H20Cl2N4O2S/c1-2-16-13-10-17(19(28)24-8-7-23-18(27)11-3-4-11)29-20(13)26(25-16)12-5-6-14(21)15(22)9-12/h5-6,9-11H,2-4,7-8H2,1H3,(H,23,27)(H,24,28). The summed E-state index contributed by atoms with van der Waals surface area (Å²) in [7, 11) is 0. The molecule has 1 aromatic carbocycles. The fourth-order valence-electron chi connectivity index (χ4n) is 3.07. The maximum Gasteiger partial charge on any atom is 0.261 e. The van der Waals surface area contributed by atoms with E-state index in [0.29, 0.717) is 28.0 Å². The van der Waals surface area contributed by atoms with Gasteiger partial charge >= 0.3 is 0 Å². The van der Waals surface area contributed by atoms with Gasteiger partial charge in [-0.1, -0.05) is 30.1 Å². The number of nitrogens with one attached hydrogen (secondary N) is 2. The minimum Gasteiger partial charge on any atom is -0.354 e. The van der Waals surface area contributed by atoms with E-state index in [1.165, 1.54) is 11.3 Å². The fraction of sp³-hybridized carbons (Fsp3) is 0.350. The van der Waals surface area contributed by atoms with Gasteiger partial charge in [0.2, 0.25) is 5.91 Å². The molecule has 0 spiro atoms. The lowest BCUT2D eigenvalue weighted by Crippen LogP contribution is -2.35. The van der Waals surface area contributed by atoms with Crippen LogP contribution in [0, 0.1) is 5.92 Å².